The van der Waals surface area contributed by atoms with E-state index in [1.165, 1.54) is 23.8 Å². The lowest BCUT2D eigenvalue weighted by Crippen LogP contribution is -2.55. The van der Waals surface area contributed by atoms with Crippen LogP contribution >= 0.6 is 11.6 Å². The number of carbonyl (C=O) groups excluding carboxylic acids is 2. The summed E-state index contributed by atoms with van der Waals surface area (Å²) in [6.07, 6.45) is 5.45. The minimum atomic E-state index is -3.93. The third-order valence-electron chi connectivity index (χ3n) is 7.60. The number of fused-ring (bicyclic) bond motifs is 1. The fourth-order valence-electron chi connectivity index (χ4n) is 5.70. The molecule has 0 aromatic heterocycles. The van der Waals surface area contributed by atoms with E-state index < -0.39 is 16.1 Å². The van der Waals surface area contributed by atoms with E-state index in [1.807, 2.05) is 11.0 Å². The van der Waals surface area contributed by atoms with Gasteiger partial charge in [-0.15, -0.1) is 0 Å². The highest BCUT2D eigenvalue weighted by Gasteiger charge is 2.36. The minimum Gasteiger partial charge on any atom is -0.337 e. The van der Waals surface area contributed by atoms with Gasteiger partial charge in [-0.25, -0.2) is 8.42 Å². The van der Waals surface area contributed by atoms with Gasteiger partial charge in [0, 0.05) is 30.7 Å². The molecule has 0 bridgehead atoms. The number of hydrogen-bond donors (Lipinski definition) is 1. The highest BCUT2D eigenvalue weighted by atomic mass is 35.5. The Balaban J connectivity index is 1.23. The van der Waals surface area contributed by atoms with Crippen LogP contribution in [0.1, 0.15) is 38.5 Å². The van der Waals surface area contributed by atoms with E-state index in [4.69, 9.17) is 11.6 Å². The number of carbonyl (C=O) groups is 2. The Kier molecular flexibility index (Phi) is 7.53. The Labute approximate surface area is 217 Å². The second kappa shape index (κ2) is 10.7. The van der Waals surface area contributed by atoms with Gasteiger partial charge in [0.25, 0.3) is 0 Å². The van der Waals surface area contributed by atoms with Crippen LogP contribution in [0.15, 0.2) is 41.3 Å². The maximum Gasteiger partial charge on any atom is 0.242 e. The van der Waals surface area contributed by atoms with Gasteiger partial charge in [0.05, 0.1) is 11.4 Å². The maximum atomic E-state index is 13.2. The van der Waals surface area contributed by atoms with E-state index in [0.717, 1.165) is 44.4 Å². The molecule has 2 aromatic rings. The average molecular weight is 533 g/mol. The normalized spacial score (nSPS) is 23.6. The van der Waals surface area contributed by atoms with Gasteiger partial charge >= 0.3 is 0 Å². The molecule has 194 valence electrons. The number of nitrogens with zero attached hydrogens (tertiary/aromatic N) is 3. The minimum absolute atomic E-state index is 0.00202. The van der Waals surface area contributed by atoms with Crippen LogP contribution in [0.2, 0.25) is 5.02 Å². The van der Waals surface area contributed by atoms with Crippen LogP contribution in [0.5, 0.6) is 0 Å². The summed E-state index contributed by atoms with van der Waals surface area (Å²) in [6.45, 7) is 4.27. The molecule has 3 fully saturated rings. The van der Waals surface area contributed by atoms with Gasteiger partial charge in [0.15, 0.2) is 0 Å². The molecule has 36 heavy (non-hydrogen) atoms. The second-order valence-electron chi connectivity index (χ2n) is 10.1. The quantitative estimate of drug-likeness (QED) is 0.592. The second-order valence-corrected chi connectivity index (χ2v) is 12.3. The first kappa shape index (κ1) is 25.4. The summed E-state index contributed by atoms with van der Waals surface area (Å²) in [4.78, 5) is 32.3. The lowest BCUT2D eigenvalue weighted by atomic mass is 10.1. The predicted octanol–water partition coefficient (Wildman–Crippen LogP) is 2.85. The molecular weight excluding hydrogens is 500 g/mol. The number of halogens is 1. The molecule has 3 saturated heterocycles. The van der Waals surface area contributed by atoms with E-state index in [2.05, 4.69) is 9.62 Å². The van der Waals surface area contributed by atoms with Crippen LogP contribution in [0.4, 0.5) is 0 Å². The summed E-state index contributed by atoms with van der Waals surface area (Å²) in [6, 6.07) is 9.43. The van der Waals surface area contributed by atoms with Gasteiger partial charge in [0.1, 0.15) is 6.04 Å². The van der Waals surface area contributed by atoms with Gasteiger partial charge in [-0.2, -0.15) is 4.72 Å². The summed E-state index contributed by atoms with van der Waals surface area (Å²) < 4.78 is 28.8. The van der Waals surface area contributed by atoms with E-state index in [1.54, 1.807) is 24.3 Å². The van der Waals surface area contributed by atoms with Gasteiger partial charge in [0.2, 0.25) is 21.8 Å². The summed E-state index contributed by atoms with van der Waals surface area (Å²) in [7, 11) is -3.93. The van der Waals surface area contributed by atoms with Crippen LogP contribution in [0.25, 0.3) is 10.8 Å². The van der Waals surface area contributed by atoms with Crippen molar-refractivity contribution in [1.82, 2.24) is 19.4 Å². The third-order valence-corrected chi connectivity index (χ3v) is 9.31. The van der Waals surface area contributed by atoms with E-state index >= 15 is 0 Å². The molecule has 0 spiro atoms. The van der Waals surface area contributed by atoms with Crippen molar-refractivity contribution >= 4 is 44.2 Å². The SMILES string of the molecule is O=C1C(NS(=O)(=O)c2ccc3ccc(Cl)cc3c2)CCCN1CC(=O)N1CCCC1CN1CCCC1. The van der Waals surface area contributed by atoms with Crippen molar-refractivity contribution in [2.75, 3.05) is 39.3 Å². The van der Waals surface area contributed by atoms with Crippen molar-refractivity contribution in [2.45, 2.75) is 55.5 Å². The number of amides is 2. The molecule has 3 aliphatic heterocycles. The maximum absolute atomic E-state index is 13.2. The molecule has 0 radical (unpaired) electrons. The number of likely N-dealkylation sites (tertiary alicyclic amines) is 3. The summed E-state index contributed by atoms with van der Waals surface area (Å²) in [5.41, 5.74) is 0. The van der Waals surface area contributed by atoms with Gasteiger partial charge in [-0.3, -0.25) is 9.59 Å². The fraction of sp³-hybridized carbons (Fsp3) is 0.538. The van der Waals surface area contributed by atoms with Crippen LogP contribution in [0, 0.1) is 0 Å². The molecule has 0 saturated carbocycles. The van der Waals surface area contributed by atoms with Gasteiger partial charge in [-0.1, -0.05) is 23.7 Å². The van der Waals surface area contributed by atoms with Crippen LogP contribution in [0.3, 0.4) is 0 Å². The molecule has 2 amide bonds. The monoisotopic (exact) mass is 532 g/mol. The van der Waals surface area contributed by atoms with Crippen molar-refractivity contribution in [3.8, 4) is 0 Å². The van der Waals surface area contributed by atoms with Crippen molar-refractivity contribution in [3.05, 3.63) is 41.4 Å². The number of piperidine rings is 1. The summed E-state index contributed by atoms with van der Waals surface area (Å²) in [5.74, 6) is -0.378. The Bertz CT molecular complexity index is 1250. The number of sulfonamides is 1. The van der Waals surface area contributed by atoms with E-state index in [9.17, 15) is 18.0 Å². The predicted molar refractivity (Wildman–Crippen MR) is 139 cm³/mol. The Morgan fingerprint density at radius 2 is 1.69 bits per heavy atom. The Morgan fingerprint density at radius 1 is 0.944 bits per heavy atom. The number of benzene rings is 2. The van der Waals surface area contributed by atoms with Crippen LogP contribution in [-0.4, -0.2) is 86.3 Å². The first-order chi connectivity index (χ1) is 17.3. The Morgan fingerprint density at radius 3 is 2.50 bits per heavy atom. The number of hydrogen-bond acceptors (Lipinski definition) is 5. The lowest BCUT2D eigenvalue weighted by molar-refractivity contribution is -0.143. The molecule has 3 heterocycles. The summed E-state index contributed by atoms with van der Waals surface area (Å²) in [5, 5.41) is 2.11. The first-order valence-corrected chi connectivity index (χ1v) is 14.7. The van der Waals surface area contributed by atoms with Crippen molar-refractivity contribution in [1.29, 1.82) is 0 Å². The molecule has 10 heteroatoms. The van der Waals surface area contributed by atoms with Crippen LogP contribution in [-0.2, 0) is 19.6 Å². The smallest absolute Gasteiger partial charge is 0.242 e. The standard InChI is InChI=1S/C26H33ClN4O4S/c27-21-9-7-19-8-10-23(16-20(19)15-21)36(34,35)28-24-6-4-13-30(26(24)33)18-25(32)31-14-3-5-22(31)17-29-11-1-2-12-29/h7-10,15-16,22,24,28H,1-6,11-14,17-18H2. The zero-order valence-electron chi connectivity index (χ0n) is 20.4. The average Bonchev–Trinajstić information content (AvgIpc) is 3.53. The molecule has 2 unspecified atom stereocenters. The fourth-order valence-corrected chi connectivity index (χ4v) is 7.14. The molecule has 2 atom stereocenters. The van der Waals surface area contributed by atoms with Crippen molar-refractivity contribution < 1.29 is 18.0 Å². The van der Waals surface area contributed by atoms with E-state index in [-0.39, 0.29) is 29.3 Å². The molecule has 8 nitrogen and oxygen atoms in total. The van der Waals surface area contributed by atoms with Crippen LogP contribution < -0.4 is 4.72 Å². The van der Waals surface area contributed by atoms with Gasteiger partial charge in [-0.05, 0) is 86.7 Å². The van der Waals surface area contributed by atoms with Gasteiger partial charge < -0.3 is 14.7 Å². The Hall–Kier alpha value is -2.20. The largest absolute Gasteiger partial charge is 0.337 e. The van der Waals surface area contributed by atoms with Crippen molar-refractivity contribution in [2.24, 2.45) is 0 Å². The number of rotatable bonds is 7. The topological polar surface area (TPSA) is 90.0 Å². The zero-order chi connectivity index (χ0) is 25.3. The third kappa shape index (κ3) is 5.54. The summed E-state index contributed by atoms with van der Waals surface area (Å²) >= 11 is 6.07. The lowest BCUT2D eigenvalue weighted by Gasteiger charge is -2.34. The molecule has 3 aliphatic rings. The molecule has 2 aromatic carbocycles. The molecule has 0 aliphatic carbocycles. The van der Waals surface area contributed by atoms with E-state index in [0.29, 0.717) is 29.8 Å². The number of nitrogens with one attached hydrogen (secondary N) is 1. The van der Waals surface area contributed by atoms with Crippen molar-refractivity contribution in [3.63, 3.8) is 0 Å². The first-order valence-electron chi connectivity index (χ1n) is 12.8. The molecule has 1 N–H and O–H groups in total. The zero-order valence-corrected chi connectivity index (χ0v) is 21.9. The molecule has 5 rings (SSSR count). The molecular formula is C26H33ClN4O4S. The highest BCUT2D eigenvalue weighted by Crippen LogP contribution is 2.24. The highest BCUT2D eigenvalue weighted by molar-refractivity contribution is 7.89.